The van der Waals surface area contributed by atoms with Gasteiger partial charge in [-0.1, -0.05) is 67.3 Å². The monoisotopic (exact) mass is 534 g/mol. The van der Waals surface area contributed by atoms with Crippen molar-refractivity contribution >= 4 is 10.1 Å². The van der Waals surface area contributed by atoms with Crippen molar-refractivity contribution in [3.8, 4) is 0 Å². The van der Waals surface area contributed by atoms with E-state index in [0.29, 0.717) is 13.0 Å². The molecule has 0 bridgehead atoms. The molecule has 2 aliphatic rings. The molecular weight excluding hydrogens is 496 g/mol. The fourth-order valence-electron chi connectivity index (χ4n) is 4.67. The SMILES string of the molecule is Cc1ccc(S(=O)(=O)OC[C@H](O)CCCCC[C@H]2O[C@@H]3OC(C)(C)O[C@@H]3[C@H]2OCc2ccccc2)cc1. The highest BCUT2D eigenvalue weighted by Crippen LogP contribution is 2.40. The number of hydrogen-bond acceptors (Lipinski definition) is 8. The summed E-state index contributed by atoms with van der Waals surface area (Å²) in [6.45, 7) is 5.84. The summed E-state index contributed by atoms with van der Waals surface area (Å²) in [7, 11) is -3.88. The van der Waals surface area contributed by atoms with Crippen molar-refractivity contribution in [1.82, 2.24) is 0 Å². The zero-order valence-electron chi connectivity index (χ0n) is 21.7. The number of aliphatic hydroxyl groups is 1. The van der Waals surface area contributed by atoms with Gasteiger partial charge in [0.15, 0.2) is 12.1 Å². The van der Waals surface area contributed by atoms with Gasteiger partial charge in [-0.05, 0) is 51.3 Å². The van der Waals surface area contributed by atoms with Gasteiger partial charge in [-0.2, -0.15) is 8.42 Å². The molecule has 0 amide bonds. The standard InChI is InChI=1S/C28H38O8S/c1-20-14-16-23(17-15-20)37(30,31)33-19-22(29)12-8-5-9-13-24-25(32-18-21-10-6-4-7-11-21)26-27(34-24)36-28(2,3)35-26/h4,6-7,10-11,14-17,22,24-27,29H,5,8-9,12-13,18-19H2,1-3H3/t22-,24-,25+,26-,27-/m1/s1. The van der Waals surface area contributed by atoms with E-state index in [1.54, 1.807) is 12.1 Å². The zero-order chi connectivity index (χ0) is 26.5. The number of ether oxygens (including phenoxy) is 4. The molecular formula is C28H38O8S. The predicted molar refractivity (Wildman–Crippen MR) is 137 cm³/mol. The van der Waals surface area contributed by atoms with Gasteiger partial charge >= 0.3 is 0 Å². The van der Waals surface area contributed by atoms with Crippen molar-refractivity contribution < 1.29 is 36.7 Å². The number of benzene rings is 2. The van der Waals surface area contributed by atoms with Crippen LogP contribution in [0.5, 0.6) is 0 Å². The Labute approximate surface area is 220 Å². The number of fused-ring (bicyclic) bond motifs is 1. The molecule has 9 heteroatoms. The minimum atomic E-state index is -3.88. The van der Waals surface area contributed by atoms with Gasteiger partial charge < -0.3 is 24.1 Å². The van der Waals surface area contributed by atoms with Crippen LogP contribution in [0.3, 0.4) is 0 Å². The van der Waals surface area contributed by atoms with Crippen LogP contribution in [0.1, 0.15) is 57.1 Å². The average molecular weight is 535 g/mol. The molecule has 0 unspecified atom stereocenters. The van der Waals surface area contributed by atoms with Gasteiger partial charge in [0, 0.05) is 0 Å². The third-order valence-corrected chi connectivity index (χ3v) is 7.92. The number of unbranched alkanes of at least 4 members (excludes halogenated alkanes) is 2. The Hall–Kier alpha value is -1.85. The summed E-state index contributed by atoms with van der Waals surface area (Å²) in [4.78, 5) is 0.0898. The fraction of sp³-hybridized carbons (Fsp3) is 0.571. The maximum atomic E-state index is 12.3. The summed E-state index contributed by atoms with van der Waals surface area (Å²) in [5.41, 5.74) is 2.05. The van der Waals surface area contributed by atoms with Gasteiger partial charge in [0.2, 0.25) is 0 Å². The highest BCUT2D eigenvalue weighted by atomic mass is 32.2. The fourth-order valence-corrected chi connectivity index (χ4v) is 5.62. The zero-order valence-corrected chi connectivity index (χ0v) is 22.6. The van der Waals surface area contributed by atoms with Crippen LogP contribution in [0, 0.1) is 6.92 Å². The topological polar surface area (TPSA) is 101 Å². The molecule has 2 aliphatic heterocycles. The van der Waals surface area contributed by atoms with Crippen LogP contribution in [-0.2, 0) is 39.9 Å². The number of rotatable bonds is 13. The summed E-state index contributed by atoms with van der Waals surface area (Å²) in [5.74, 6) is -0.709. The maximum absolute atomic E-state index is 12.3. The third-order valence-electron chi connectivity index (χ3n) is 6.62. The number of aryl methyl sites for hydroxylation is 1. The van der Waals surface area contributed by atoms with Crippen molar-refractivity contribution in [1.29, 1.82) is 0 Å². The lowest BCUT2D eigenvalue weighted by atomic mass is 10.0. The highest BCUT2D eigenvalue weighted by molar-refractivity contribution is 7.86. The van der Waals surface area contributed by atoms with Gasteiger partial charge in [0.1, 0.15) is 12.2 Å². The van der Waals surface area contributed by atoms with Gasteiger partial charge in [-0.15, -0.1) is 0 Å². The van der Waals surface area contributed by atoms with Crippen LogP contribution in [0.15, 0.2) is 59.5 Å². The van der Waals surface area contributed by atoms with E-state index in [0.717, 1.165) is 36.8 Å². The van der Waals surface area contributed by atoms with Crippen LogP contribution in [0.2, 0.25) is 0 Å². The average Bonchev–Trinajstić information content (AvgIpc) is 3.33. The Morgan fingerprint density at radius 1 is 1.00 bits per heavy atom. The second-order valence-electron chi connectivity index (χ2n) is 10.2. The smallest absolute Gasteiger partial charge is 0.297 e. The number of aliphatic hydroxyl groups excluding tert-OH is 1. The number of hydrogen-bond donors (Lipinski definition) is 1. The Morgan fingerprint density at radius 2 is 1.73 bits per heavy atom. The van der Waals surface area contributed by atoms with Gasteiger partial charge in [-0.25, -0.2) is 0 Å². The lowest BCUT2D eigenvalue weighted by Gasteiger charge is -2.26. The molecule has 2 saturated heterocycles. The molecule has 8 nitrogen and oxygen atoms in total. The highest BCUT2D eigenvalue weighted by Gasteiger charge is 2.55. The molecule has 0 radical (unpaired) electrons. The molecule has 204 valence electrons. The van der Waals surface area contributed by atoms with Crippen LogP contribution in [-0.4, -0.2) is 56.6 Å². The van der Waals surface area contributed by atoms with E-state index in [4.69, 9.17) is 23.1 Å². The molecule has 37 heavy (non-hydrogen) atoms. The lowest BCUT2D eigenvalue weighted by molar-refractivity contribution is -0.219. The molecule has 0 aliphatic carbocycles. The van der Waals surface area contributed by atoms with Crippen molar-refractivity contribution in [2.24, 2.45) is 0 Å². The minimum Gasteiger partial charge on any atom is -0.391 e. The van der Waals surface area contributed by atoms with Crippen molar-refractivity contribution in [2.45, 2.75) is 101 Å². The summed E-state index contributed by atoms with van der Waals surface area (Å²) in [6, 6.07) is 16.4. The van der Waals surface area contributed by atoms with Gasteiger partial charge in [0.05, 0.1) is 30.3 Å². The van der Waals surface area contributed by atoms with E-state index in [2.05, 4.69) is 0 Å². The summed E-state index contributed by atoms with van der Waals surface area (Å²) >= 11 is 0. The van der Waals surface area contributed by atoms with Crippen molar-refractivity contribution in [3.05, 3.63) is 65.7 Å². The summed E-state index contributed by atoms with van der Waals surface area (Å²) in [6.07, 6.45) is 1.72. The molecule has 0 spiro atoms. The normalized spacial score (nSPS) is 25.7. The lowest BCUT2D eigenvalue weighted by Crippen LogP contribution is -2.36. The largest absolute Gasteiger partial charge is 0.391 e. The summed E-state index contributed by atoms with van der Waals surface area (Å²) in [5, 5.41) is 10.2. The van der Waals surface area contributed by atoms with Gasteiger partial charge in [0.25, 0.3) is 10.1 Å². The first-order valence-electron chi connectivity index (χ1n) is 12.9. The van der Waals surface area contributed by atoms with Crippen LogP contribution in [0.4, 0.5) is 0 Å². The van der Waals surface area contributed by atoms with E-state index in [1.807, 2.05) is 51.1 Å². The molecule has 1 N–H and O–H groups in total. The molecule has 2 aromatic carbocycles. The van der Waals surface area contributed by atoms with Crippen LogP contribution < -0.4 is 0 Å². The molecule has 0 saturated carbocycles. The minimum absolute atomic E-state index is 0.0898. The maximum Gasteiger partial charge on any atom is 0.297 e. The molecule has 4 rings (SSSR count). The molecule has 2 aromatic rings. The predicted octanol–water partition coefficient (Wildman–Crippen LogP) is 4.47. The molecule has 5 atom stereocenters. The van der Waals surface area contributed by atoms with Crippen LogP contribution >= 0.6 is 0 Å². The quantitative estimate of drug-likeness (QED) is 0.297. The van der Waals surface area contributed by atoms with E-state index in [1.165, 1.54) is 12.1 Å². The van der Waals surface area contributed by atoms with E-state index in [9.17, 15) is 13.5 Å². The molecule has 2 fully saturated rings. The Kier molecular flexibility index (Phi) is 9.39. The molecule has 2 heterocycles. The van der Waals surface area contributed by atoms with E-state index in [-0.39, 0.29) is 29.8 Å². The first-order chi connectivity index (χ1) is 17.6. The Balaban J connectivity index is 1.19. The summed E-state index contributed by atoms with van der Waals surface area (Å²) < 4.78 is 54.1. The second-order valence-corrected chi connectivity index (χ2v) is 11.9. The van der Waals surface area contributed by atoms with Gasteiger partial charge in [-0.3, -0.25) is 4.18 Å². The Bertz CT molecular complexity index is 1090. The van der Waals surface area contributed by atoms with Crippen molar-refractivity contribution in [3.63, 3.8) is 0 Å². The van der Waals surface area contributed by atoms with E-state index < -0.39 is 28.3 Å². The second kappa shape index (κ2) is 12.3. The third kappa shape index (κ3) is 7.83. The molecule has 0 aromatic heterocycles. The van der Waals surface area contributed by atoms with Crippen molar-refractivity contribution in [2.75, 3.05) is 6.61 Å². The van der Waals surface area contributed by atoms with E-state index >= 15 is 0 Å². The first kappa shape index (κ1) is 28.2. The Morgan fingerprint density at radius 3 is 2.46 bits per heavy atom. The van der Waals surface area contributed by atoms with Crippen LogP contribution in [0.25, 0.3) is 0 Å². The first-order valence-corrected chi connectivity index (χ1v) is 14.3.